The highest BCUT2D eigenvalue weighted by Crippen LogP contribution is 2.45. The summed E-state index contributed by atoms with van der Waals surface area (Å²) in [6, 6.07) is 0. The van der Waals surface area contributed by atoms with E-state index in [2.05, 4.69) is 192 Å². The summed E-state index contributed by atoms with van der Waals surface area (Å²) in [5, 5.41) is 10.6. The number of hydrogen-bond acceptors (Lipinski definition) is 15. The summed E-state index contributed by atoms with van der Waals surface area (Å²) in [5.74, 6) is -2.40. The Morgan fingerprint density at radius 3 is 0.865 bits per heavy atom. The number of rotatable bonds is 70. The average molecular weight is 1490 g/mol. The highest BCUT2D eigenvalue weighted by atomic mass is 31.2. The summed E-state index contributed by atoms with van der Waals surface area (Å²) in [6.45, 7) is 4.26. The second-order valence-electron chi connectivity index (χ2n) is 24.8. The lowest BCUT2D eigenvalue weighted by molar-refractivity contribution is -0.161. The predicted molar refractivity (Wildman–Crippen MR) is 426 cm³/mol. The van der Waals surface area contributed by atoms with Crippen LogP contribution in [-0.4, -0.2) is 96.7 Å². The molecule has 0 spiro atoms. The van der Waals surface area contributed by atoms with E-state index >= 15 is 0 Å². The monoisotopic (exact) mass is 1490 g/mol. The van der Waals surface area contributed by atoms with E-state index < -0.39 is 97.5 Å². The van der Waals surface area contributed by atoms with Gasteiger partial charge in [-0.1, -0.05) is 267 Å². The molecule has 0 amide bonds. The number of unbranched alkanes of at least 4 members (excludes halogenated alkanes) is 12. The Hall–Kier alpha value is -6.10. The van der Waals surface area contributed by atoms with Gasteiger partial charge in [-0.15, -0.1) is 0 Å². The number of phosphoric acid groups is 2. The minimum atomic E-state index is -5.01. The van der Waals surface area contributed by atoms with E-state index in [1.54, 1.807) is 0 Å². The third kappa shape index (κ3) is 74.2. The van der Waals surface area contributed by atoms with Crippen LogP contribution in [-0.2, 0) is 65.4 Å². The fourth-order valence-corrected chi connectivity index (χ4v) is 10.8. The Kier molecular flexibility index (Phi) is 70.7. The van der Waals surface area contributed by atoms with Crippen LogP contribution in [0, 0.1) is 0 Å². The van der Waals surface area contributed by atoms with E-state index in [9.17, 15) is 43.2 Å². The van der Waals surface area contributed by atoms with E-state index in [1.165, 1.54) is 6.42 Å². The number of phosphoric ester groups is 2. The fourth-order valence-electron chi connectivity index (χ4n) is 9.25. The SMILES string of the molecule is CC/C=C\C/C=C\C/C=C\C/C=C\C/C=C\C/C=C\CCC(=O)OCC(COP(=O)(O)OCC(O)COP(=O)(O)OCC(COC(=O)CCC/C=C\C/C=C\C/C=C\C/C=C\C/C=C\CC)OC(=O)CCCCCC/C=C\C/C=C\C/C=C\C/C=C\CC)OC(=O)CCCCCCC/C=C\CCCC. The van der Waals surface area contributed by atoms with Crippen LogP contribution in [0.4, 0.5) is 0 Å². The van der Waals surface area contributed by atoms with Gasteiger partial charge in [-0.3, -0.25) is 37.3 Å². The number of ether oxygens (including phenoxy) is 4. The molecule has 0 fully saturated rings. The molecular weight excluding hydrogens is 1350 g/mol. The Morgan fingerprint density at radius 2 is 0.529 bits per heavy atom. The van der Waals surface area contributed by atoms with Crippen molar-refractivity contribution < 1.29 is 80.2 Å². The molecule has 19 heteroatoms. The molecular formula is C85H134O17P2. The molecule has 5 atom stereocenters. The summed E-state index contributed by atoms with van der Waals surface area (Å²) in [4.78, 5) is 72.9. The number of aliphatic hydroxyl groups is 1. The van der Waals surface area contributed by atoms with Crippen molar-refractivity contribution in [2.45, 2.75) is 277 Å². The van der Waals surface area contributed by atoms with Crippen LogP contribution in [0.5, 0.6) is 0 Å². The topological polar surface area (TPSA) is 237 Å². The number of allylic oxidation sites excluding steroid dienone is 32. The molecule has 0 bridgehead atoms. The van der Waals surface area contributed by atoms with Gasteiger partial charge in [0.25, 0.3) is 0 Å². The van der Waals surface area contributed by atoms with Gasteiger partial charge in [0.1, 0.15) is 19.3 Å². The van der Waals surface area contributed by atoms with Crippen LogP contribution in [0.25, 0.3) is 0 Å². The number of esters is 4. The van der Waals surface area contributed by atoms with Crippen LogP contribution in [0.1, 0.15) is 259 Å². The molecule has 0 aliphatic rings. The molecule has 0 rings (SSSR count). The summed E-state index contributed by atoms with van der Waals surface area (Å²) in [7, 11) is -10.0. The first kappa shape index (κ1) is 97.9. The summed E-state index contributed by atoms with van der Waals surface area (Å²) in [6.07, 6.45) is 91.6. The molecule has 0 aromatic carbocycles. The van der Waals surface area contributed by atoms with Crippen LogP contribution >= 0.6 is 15.6 Å². The van der Waals surface area contributed by atoms with Gasteiger partial charge in [-0.05, 0) is 161 Å². The van der Waals surface area contributed by atoms with Crippen molar-refractivity contribution in [3.8, 4) is 0 Å². The van der Waals surface area contributed by atoms with Gasteiger partial charge in [0, 0.05) is 25.7 Å². The third-order valence-electron chi connectivity index (χ3n) is 15.0. The second kappa shape index (κ2) is 75.1. The number of carbonyl (C=O) groups excluding carboxylic acids is 4. The van der Waals surface area contributed by atoms with E-state index in [0.29, 0.717) is 38.5 Å². The molecule has 17 nitrogen and oxygen atoms in total. The van der Waals surface area contributed by atoms with Crippen molar-refractivity contribution >= 4 is 39.5 Å². The smallest absolute Gasteiger partial charge is 0.462 e. The first-order valence-corrected chi connectivity index (χ1v) is 41.7. The number of carbonyl (C=O) groups is 4. The normalized spacial score (nSPS) is 15.0. The molecule has 586 valence electrons. The Labute approximate surface area is 627 Å². The van der Waals surface area contributed by atoms with Crippen molar-refractivity contribution in [1.82, 2.24) is 0 Å². The van der Waals surface area contributed by atoms with E-state index in [1.807, 2.05) is 30.4 Å². The maximum absolute atomic E-state index is 13.1. The molecule has 5 unspecified atom stereocenters. The lowest BCUT2D eigenvalue weighted by Gasteiger charge is -2.21. The number of aliphatic hydroxyl groups excluding tert-OH is 1. The predicted octanol–water partition coefficient (Wildman–Crippen LogP) is 22.5. The van der Waals surface area contributed by atoms with Gasteiger partial charge in [-0.2, -0.15) is 0 Å². The van der Waals surface area contributed by atoms with Crippen LogP contribution < -0.4 is 0 Å². The van der Waals surface area contributed by atoms with Crippen molar-refractivity contribution in [2.75, 3.05) is 39.6 Å². The van der Waals surface area contributed by atoms with Crippen molar-refractivity contribution in [2.24, 2.45) is 0 Å². The van der Waals surface area contributed by atoms with Crippen LogP contribution in [0.2, 0.25) is 0 Å². The summed E-state index contributed by atoms with van der Waals surface area (Å²) in [5.41, 5.74) is 0. The zero-order chi connectivity index (χ0) is 76.0. The lowest BCUT2D eigenvalue weighted by atomic mass is 10.1. The van der Waals surface area contributed by atoms with E-state index in [0.717, 1.165) is 161 Å². The zero-order valence-corrected chi connectivity index (χ0v) is 65.6. The lowest BCUT2D eigenvalue weighted by Crippen LogP contribution is -2.30. The first-order valence-electron chi connectivity index (χ1n) is 38.7. The fraction of sp³-hybridized carbons (Fsp3) is 0.576. The van der Waals surface area contributed by atoms with Crippen LogP contribution in [0.15, 0.2) is 194 Å². The maximum atomic E-state index is 13.1. The Morgan fingerprint density at radius 1 is 0.279 bits per heavy atom. The zero-order valence-electron chi connectivity index (χ0n) is 63.9. The minimum Gasteiger partial charge on any atom is -0.462 e. The summed E-state index contributed by atoms with van der Waals surface area (Å²) >= 11 is 0. The molecule has 0 heterocycles. The Balaban J connectivity index is 5.49. The average Bonchev–Trinajstić information content (AvgIpc) is 0.931. The minimum absolute atomic E-state index is 0.0261. The summed E-state index contributed by atoms with van der Waals surface area (Å²) < 4.78 is 68.3. The van der Waals surface area contributed by atoms with Gasteiger partial charge >= 0.3 is 39.5 Å². The van der Waals surface area contributed by atoms with Crippen molar-refractivity contribution in [3.05, 3.63) is 194 Å². The van der Waals surface area contributed by atoms with Crippen molar-refractivity contribution in [1.29, 1.82) is 0 Å². The molecule has 0 aliphatic carbocycles. The van der Waals surface area contributed by atoms with Crippen LogP contribution in [0.3, 0.4) is 0 Å². The Bertz CT molecular complexity index is 2740. The molecule has 0 aliphatic heterocycles. The molecule has 3 N–H and O–H groups in total. The third-order valence-corrected chi connectivity index (χ3v) is 16.9. The molecule has 0 radical (unpaired) electrons. The van der Waals surface area contributed by atoms with Crippen molar-refractivity contribution in [3.63, 3.8) is 0 Å². The largest absolute Gasteiger partial charge is 0.472 e. The maximum Gasteiger partial charge on any atom is 0.472 e. The quantitative estimate of drug-likeness (QED) is 0.0169. The molecule has 104 heavy (non-hydrogen) atoms. The van der Waals surface area contributed by atoms with Gasteiger partial charge in [0.05, 0.1) is 26.4 Å². The molecule has 0 saturated carbocycles. The van der Waals surface area contributed by atoms with Gasteiger partial charge < -0.3 is 33.8 Å². The van der Waals surface area contributed by atoms with Gasteiger partial charge in [-0.25, -0.2) is 9.13 Å². The molecule has 0 aromatic heterocycles. The standard InChI is InChI=1S/C85H134O17P2/c1-5-9-13-17-21-25-29-32-35-38-39-42-44-47-51-54-58-62-66-70-82(87)95-75-80(101-84(89)71-67-63-59-55-49-28-24-20-16-12-8-4)77-99-103(91,92)97-73-79(86)74-98-104(93,94)100-78-81(102-85(90)72-68-64-60-56-52-48-45-41-37-34-31-27-23-19-15-11-7-3)76-96-83(88)69-65-61-57-53-50-46-43-40-36-33-30-26-22-18-14-10-6-2/h9-11,13-15,20-27,32-37,39,42-43,45-48,51,53,57-58,62,79-81,86H,5-8,12,16-19,28-31,38,40-41,44,49-50,52,54-56,59-61,63-78H2,1-4H3,(H,91,92)(H,93,94)/b13-9-,14-10-,15-11-,24-20-,25-21-,26-22-,27-23-,35-32-,36-33-,37-34-,42-39-,46-43-,48-45-,51-47-,57-53-,62-58-. The van der Waals surface area contributed by atoms with Gasteiger partial charge in [0.15, 0.2) is 12.2 Å². The molecule has 0 saturated heterocycles. The second-order valence-corrected chi connectivity index (χ2v) is 27.7. The number of hydrogen-bond donors (Lipinski definition) is 3. The van der Waals surface area contributed by atoms with E-state index in [-0.39, 0.29) is 25.7 Å². The highest BCUT2D eigenvalue weighted by molar-refractivity contribution is 7.47. The van der Waals surface area contributed by atoms with Gasteiger partial charge in [0.2, 0.25) is 0 Å². The highest BCUT2D eigenvalue weighted by Gasteiger charge is 2.30. The van der Waals surface area contributed by atoms with E-state index in [4.69, 9.17) is 37.0 Å². The first-order chi connectivity index (χ1) is 50.7. The molecule has 0 aromatic rings.